The van der Waals surface area contributed by atoms with Gasteiger partial charge in [0.2, 0.25) is 11.5 Å². The zero-order valence-electron chi connectivity index (χ0n) is 24.7. The van der Waals surface area contributed by atoms with Crippen LogP contribution in [0, 0.1) is 10.1 Å². The van der Waals surface area contributed by atoms with Gasteiger partial charge in [0.05, 0.1) is 16.9 Å². The Morgan fingerprint density at radius 1 is 0.891 bits per heavy atom. The highest BCUT2D eigenvalue weighted by Crippen LogP contribution is 2.38. The Bertz CT molecular complexity index is 1540. The molecule has 15 heteroatoms. The first-order valence-corrected chi connectivity index (χ1v) is 14.7. The van der Waals surface area contributed by atoms with E-state index in [1.54, 1.807) is 17.0 Å². The zero-order valence-corrected chi connectivity index (χ0v) is 24.7. The molecule has 5 rings (SSSR count). The van der Waals surface area contributed by atoms with Crippen LogP contribution >= 0.6 is 0 Å². The molecule has 1 aliphatic carbocycles. The maximum absolute atomic E-state index is 12.8. The Labute approximate surface area is 260 Å². The average molecular weight is 654 g/mol. The molecule has 1 aromatic heterocycles. The summed E-state index contributed by atoms with van der Waals surface area (Å²) in [5, 5.41) is 13.7. The van der Waals surface area contributed by atoms with Crippen LogP contribution in [0.25, 0.3) is 0 Å². The largest absolute Gasteiger partial charge is 0.423 e. The van der Waals surface area contributed by atoms with Crippen molar-refractivity contribution in [2.45, 2.75) is 56.9 Å². The van der Waals surface area contributed by atoms with Gasteiger partial charge in [0.15, 0.2) is 0 Å². The van der Waals surface area contributed by atoms with Gasteiger partial charge in [-0.25, -0.2) is 0 Å². The number of H-pyrrole nitrogens is 1. The minimum Gasteiger partial charge on any atom is -0.382 e. The summed E-state index contributed by atoms with van der Waals surface area (Å²) in [6.07, 6.45) is -3.96. The van der Waals surface area contributed by atoms with E-state index in [-0.39, 0.29) is 29.6 Å². The SMILES string of the molecule is O=C(Cc1ccc(C(F)(F)F)cc1)N1CCN(c2cccc(=O)[nH]2)CC1.O=[N+]([O-])c1ccc(NC2CCCCC2)cc1C(F)(F)F. The maximum atomic E-state index is 12.8. The number of nitro groups is 1. The predicted molar refractivity (Wildman–Crippen MR) is 160 cm³/mol. The first kappa shape index (κ1) is 34.3. The third-order valence-corrected chi connectivity index (χ3v) is 7.84. The first-order valence-electron chi connectivity index (χ1n) is 14.7. The van der Waals surface area contributed by atoms with Crippen molar-refractivity contribution >= 4 is 23.1 Å². The molecule has 0 radical (unpaired) electrons. The monoisotopic (exact) mass is 653 g/mol. The molecule has 0 atom stereocenters. The van der Waals surface area contributed by atoms with Gasteiger partial charge in [-0.05, 0) is 48.7 Å². The van der Waals surface area contributed by atoms with Crippen molar-refractivity contribution in [2.24, 2.45) is 0 Å². The van der Waals surface area contributed by atoms with Gasteiger partial charge in [0.1, 0.15) is 11.4 Å². The van der Waals surface area contributed by atoms with E-state index in [0.29, 0.717) is 37.6 Å². The van der Waals surface area contributed by atoms with Crippen molar-refractivity contribution in [2.75, 3.05) is 36.4 Å². The zero-order chi connectivity index (χ0) is 33.5. The van der Waals surface area contributed by atoms with E-state index >= 15 is 0 Å². The van der Waals surface area contributed by atoms with E-state index in [1.165, 1.54) is 24.3 Å². The quantitative estimate of drug-likeness (QED) is 0.175. The van der Waals surface area contributed by atoms with Crippen LogP contribution in [0.1, 0.15) is 48.8 Å². The van der Waals surface area contributed by atoms with Gasteiger partial charge in [-0.1, -0.05) is 37.5 Å². The molecule has 2 fully saturated rings. The smallest absolute Gasteiger partial charge is 0.382 e. The molecule has 1 saturated carbocycles. The normalized spacial score (nSPS) is 16.0. The topological polar surface area (TPSA) is 112 Å². The number of rotatable bonds is 6. The number of benzene rings is 2. The molecule has 1 aliphatic heterocycles. The summed E-state index contributed by atoms with van der Waals surface area (Å²) in [5.41, 5.74) is -2.18. The lowest BCUT2D eigenvalue weighted by atomic mass is 9.95. The van der Waals surface area contributed by atoms with Crippen molar-refractivity contribution in [1.29, 1.82) is 0 Å². The van der Waals surface area contributed by atoms with Gasteiger partial charge < -0.3 is 20.1 Å². The first-order chi connectivity index (χ1) is 21.7. The lowest BCUT2D eigenvalue weighted by molar-refractivity contribution is -0.388. The number of nitro benzene ring substituents is 1. The van der Waals surface area contributed by atoms with E-state index in [2.05, 4.69) is 10.3 Å². The molecule has 9 nitrogen and oxygen atoms in total. The second-order valence-corrected chi connectivity index (χ2v) is 11.1. The molecular formula is C31H33F6N5O4. The van der Waals surface area contributed by atoms with Crippen LogP contribution in [0.15, 0.2) is 65.5 Å². The fourth-order valence-electron chi connectivity index (χ4n) is 5.41. The molecule has 2 aliphatic rings. The number of alkyl halides is 6. The van der Waals surface area contributed by atoms with Crippen LogP contribution < -0.4 is 15.8 Å². The van der Waals surface area contributed by atoms with Crippen molar-refractivity contribution in [3.05, 3.63) is 97.8 Å². The molecule has 2 heterocycles. The molecular weight excluding hydrogens is 620 g/mol. The van der Waals surface area contributed by atoms with Gasteiger partial charge in [-0.15, -0.1) is 0 Å². The Balaban J connectivity index is 0.000000216. The fourth-order valence-corrected chi connectivity index (χ4v) is 5.41. The van der Waals surface area contributed by atoms with Crippen LogP contribution in [0.3, 0.4) is 0 Å². The number of nitrogens with one attached hydrogen (secondary N) is 2. The molecule has 1 saturated heterocycles. The van der Waals surface area contributed by atoms with Crippen molar-refractivity contribution in [1.82, 2.24) is 9.88 Å². The van der Waals surface area contributed by atoms with Gasteiger partial charge in [-0.2, -0.15) is 26.3 Å². The number of carbonyl (C=O) groups is 1. The Kier molecular flexibility index (Phi) is 11.0. The summed E-state index contributed by atoms with van der Waals surface area (Å²) < 4.78 is 76.2. The van der Waals surface area contributed by atoms with Crippen LogP contribution in [0.2, 0.25) is 0 Å². The molecule has 2 N–H and O–H groups in total. The van der Waals surface area contributed by atoms with E-state index in [9.17, 15) is 46.0 Å². The van der Waals surface area contributed by atoms with Crippen LogP contribution in [-0.2, 0) is 23.6 Å². The van der Waals surface area contributed by atoms with Crippen molar-refractivity contribution < 1.29 is 36.1 Å². The van der Waals surface area contributed by atoms with Gasteiger partial charge in [0.25, 0.3) is 5.69 Å². The second kappa shape index (κ2) is 14.7. The third-order valence-electron chi connectivity index (χ3n) is 7.84. The maximum Gasteiger partial charge on any atom is 0.423 e. The summed E-state index contributed by atoms with van der Waals surface area (Å²) in [5.74, 6) is 0.596. The number of hydrogen-bond acceptors (Lipinski definition) is 6. The van der Waals surface area contributed by atoms with E-state index in [1.807, 2.05) is 4.90 Å². The molecule has 0 bridgehead atoms. The Morgan fingerprint density at radius 3 is 2.11 bits per heavy atom. The number of amides is 1. The molecule has 2 aromatic carbocycles. The highest BCUT2D eigenvalue weighted by atomic mass is 19.4. The number of anilines is 2. The number of nitrogens with zero attached hydrogens (tertiary/aromatic N) is 3. The predicted octanol–water partition coefficient (Wildman–Crippen LogP) is 6.64. The van der Waals surface area contributed by atoms with E-state index in [4.69, 9.17) is 0 Å². The summed E-state index contributed by atoms with van der Waals surface area (Å²) in [6.45, 7) is 2.16. The number of halogens is 6. The summed E-state index contributed by atoms with van der Waals surface area (Å²) in [7, 11) is 0. The number of aromatic nitrogens is 1. The molecule has 46 heavy (non-hydrogen) atoms. The van der Waals surface area contributed by atoms with Crippen molar-refractivity contribution in [3.8, 4) is 0 Å². The van der Waals surface area contributed by atoms with Crippen LogP contribution in [0.4, 0.5) is 43.5 Å². The van der Waals surface area contributed by atoms with E-state index < -0.39 is 34.1 Å². The van der Waals surface area contributed by atoms with Crippen LogP contribution in [-0.4, -0.2) is 52.9 Å². The van der Waals surface area contributed by atoms with Gasteiger partial charge >= 0.3 is 12.4 Å². The third kappa shape index (κ3) is 9.47. The Hall–Kier alpha value is -4.56. The van der Waals surface area contributed by atoms with Crippen LogP contribution in [0.5, 0.6) is 0 Å². The summed E-state index contributed by atoms with van der Waals surface area (Å²) in [6, 6.07) is 12.8. The van der Waals surface area contributed by atoms with Gasteiger partial charge in [0, 0.05) is 50.0 Å². The highest BCUT2D eigenvalue weighted by Gasteiger charge is 2.38. The lowest BCUT2D eigenvalue weighted by Crippen LogP contribution is -2.49. The van der Waals surface area contributed by atoms with E-state index in [0.717, 1.165) is 56.4 Å². The number of pyridine rings is 1. The number of hydrogen-bond donors (Lipinski definition) is 2. The summed E-state index contributed by atoms with van der Waals surface area (Å²) >= 11 is 0. The molecule has 3 aromatic rings. The van der Waals surface area contributed by atoms with Crippen molar-refractivity contribution in [3.63, 3.8) is 0 Å². The number of aromatic amines is 1. The molecule has 1 amide bonds. The fraction of sp³-hybridized carbons (Fsp3) is 0.419. The molecule has 0 unspecified atom stereocenters. The van der Waals surface area contributed by atoms with Gasteiger partial charge in [-0.3, -0.25) is 19.7 Å². The minimum atomic E-state index is -4.73. The summed E-state index contributed by atoms with van der Waals surface area (Å²) in [4.78, 5) is 39.8. The number of piperazine rings is 1. The average Bonchev–Trinajstić information content (AvgIpc) is 3.01. The number of carbonyl (C=O) groups excluding carboxylic acids is 1. The Morgan fingerprint density at radius 2 is 1.54 bits per heavy atom. The minimum absolute atomic E-state index is 0.0697. The molecule has 248 valence electrons. The second-order valence-electron chi connectivity index (χ2n) is 11.1. The molecule has 0 spiro atoms. The standard InChI is InChI=1S/C18H18F3N3O2.C13H15F3N2O2/c19-18(20,21)14-6-4-13(5-7-14)12-17(26)24-10-8-23(9-11-24)15-2-1-3-16(25)22-15;14-13(15,16)11-8-10(6-7-12(11)18(19)20)17-9-4-2-1-3-5-9/h1-7H,8-12H2,(H,22,25);6-9,17H,1-5H2. The lowest BCUT2D eigenvalue weighted by Gasteiger charge is -2.35. The highest BCUT2D eigenvalue weighted by molar-refractivity contribution is 5.79.